The van der Waals surface area contributed by atoms with Crippen molar-refractivity contribution in [2.75, 3.05) is 12.4 Å². The summed E-state index contributed by atoms with van der Waals surface area (Å²) in [5, 5.41) is 0.258. The molecule has 3 rings (SSSR count). The molecular weight excluding hydrogens is 370 g/mol. The molecule has 26 heavy (non-hydrogen) atoms. The highest BCUT2D eigenvalue weighted by Crippen LogP contribution is 2.44. The molecule has 4 nitrogen and oxygen atoms in total. The summed E-state index contributed by atoms with van der Waals surface area (Å²) in [4.78, 5) is 27.4. The minimum Gasteiger partial charge on any atom is -0.464 e. The highest BCUT2D eigenvalue weighted by molar-refractivity contribution is 7.99. The molecule has 2 unspecified atom stereocenters. The SMILES string of the molecule is CCCOC(=O)C1CSC(c2ccccc2Cl)N1C(=O)c1ccccc1. The Hall–Kier alpha value is -1.98. The van der Waals surface area contributed by atoms with Gasteiger partial charge in [-0.15, -0.1) is 11.8 Å². The fraction of sp³-hybridized carbons (Fsp3) is 0.300. The van der Waals surface area contributed by atoms with Gasteiger partial charge in [0, 0.05) is 21.9 Å². The monoisotopic (exact) mass is 389 g/mol. The quantitative estimate of drug-likeness (QED) is 0.704. The molecule has 0 saturated carbocycles. The van der Waals surface area contributed by atoms with Crippen LogP contribution in [0, 0.1) is 0 Å². The smallest absolute Gasteiger partial charge is 0.329 e. The van der Waals surface area contributed by atoms with Crippen molar-refractivity contribution in [1.82, 2.24) is 4.90 Å². The molecule has 0 aromatic heterocycles. The molecule has 1 heterocycles. The minimum absolute atomic E-state index is 0.195. The second-order valence-electron chi connectivity index (χ2n) is 5.97. The minimum atomic E-state index is -0.625. The summed E-state index contributed by atoms with van der Waals surface area (Å²) in [5.41, 5.74) is 1.37. The lowest BCUT2D eigenvalue weighted by Crippen LogP contribution is -2.44. The number of hydrogen-bond acceptors (Lipinski definition) is 4. The molecule has 1 fully saturated rings. The van der Waals surface area contributed by atoms with Crippen LogP contribution in [0.15, 0.2) is 54.6 Å². The first kappa shape index (κ1) is 18.8. The highest BCUT2D eigenvalue weighted by Gasteiger charge is 2.44. The zero-order valence-electron chi connectivity index (χ0n) is 14.4. The lowest BCUT2D eigenvalue weighted by Gasteiger charge is -2.29. The third-order valence-electron chi connectivity index (χ3n) is 4.15. The van der Waals surface area contributed by atoms with Crippen LogP contribution in [-0.2, 0) is 9.53 Å². The van der Waals surface area contributed by atoms with Crippen molar-refractivity contribution in [2.24, 2.45) is 0 Å². The molecule has 1 aliphatic rings. The number of hydrogen-bond donors (Lipinski definition) is 0. The van der Waals surface area contributed by atoms with Gasteiger partial charge in [0.05, 0.1) is 6.61 Å². The molecule has 136 valence electrons. The van der Waals surface area contributed by atoms with E-state index in [4.69, 9.17) is 16.3 Å². The van der Waals surface area contributed by atoms with E-state index < -0.39 is 6.04 Å². The van der Waals surface area contributed by atoms with Crippen molar-refractivity contribution in [3.63, 3.8) is 0 Å². The van der Waals surface area contributed by atoms with Gasteiger partial charge in [-0.05, 0) is 24.6 Å². The molecule has 2 aromatic rings. The number of esters is 1. The molecule has 0 bridgehead atoms. The van der Waals surface area contributed by atoms with Crippen molar-refractivity contribution in [2.45, 2.75) is 24.8 Å². The van der Waals surface area contributed by atoms with Crippen molar-refractivity contribution in [3.8, 4) is 0 Å². The second kappa shape index (κ2) is 8.60. The van der Waals surface area contributed by atoms with E-state index in [-0.39, 0.29) is 17.3 Å². The van der Waals surface area contributed by atoms with Gasteiger partial charge in [-0.2, -0.15) is 0 Å². The topological polar surface area (TPSA) is 46.6 Å². The standard InChI is InChI=1S/C20H20ClNO3S/c1-2-12-25-20(24)17-13-26-19(15-10-6-7-11-16(15)21)22(17)18(23)14-8-4-3-5-9-14/h3-11,17,19H,2,12-13H2,1H3. The van der Waals surface area contributed by atoms with E-state index >= 15 is 0 Å². The molecule has 0 radical (unpaired) electrons. The number of halogens is 1. The fourth-order valence-electron chi connectivity index (χ4n) is 2.88. The van der Waals surface area contributed by atoms with Gasteiger partial charge in [-0.1, -0.05) is 54.9 Å². The molecule has 1 saturated heterocycles. The number of carbonyl (C=O) groups is 2. The van der Waals surface area contributed by atoms with E-state index in [9.17, 15) is 9.59 Å². The first-order chi connectivity index (χ1) is 12.6. The Kier molecular flexibility index (Phi) is 6.22. The molecule has 1 amide bonds. The van der Waals surface area contributed by atoms with E-state index in [1.54, 1.807) is 23.1 Å². The predicted octanol–water partition coefficient (Wildman–Crippen LogP) is 4.55. The number of carbonyl (C=O) groups excluding carboxylic acids is 2. The molecule has 1 aliphatic heterocycles. The highest BCUT2D eigenvalue weighted by atomic mass is 35.5. The van der Waals surface area contributed by atoms with E-state index in [0.29, 0.717) is 22.9 Å². The zero-order chi connectivity index (χ0) is 18.5. The van der Waals surface area contributed by atoms with E-state index in [1.165, 1.54) is 11.8 Å². The first-order valence-corrected chi connectivity index (χ1v) is 9.96. The molecular formula is C20H20ClNO3S. The summed E-state index contributed by atoms with van der Waals surface area (Å²) in [6.45, 7) is 2.29. The summed E-state index contributed by atoms with van der Waals surface area (Å²) in [6, 6.07) is 15.8. The lowest BCUT2D eigenvalue weighted by molar-refractivity contribution is -0.148. The predicted molar refractivity (Wildman–Crippen MR) is 104 cm³/mol. The number of amides is 1. The van der Waals surface area contributed by atoms with Crippen LogP contribution in [0.4, 0.5) is 0 Å². The van der Waals surface area contributed by atoms with Gasteiger partial charge in [0.15, 0.2) is 0 Å². The number of benzene rings is 2. The Morgan fingerprint density at radius 2 is 1.85 bits per heavy atom. The van der Waals surface area contributed by atoms with Crippen molar-refractivity contribution in [3.05, 3.63) is 70.7 Å². The largest absolute Gasteiger partial charge is 0.464 e. The summed E-state index contributed by atoms with van der Waals surface area (Å²) in [7, 11) is 0. The third-order valence-corrected chi connectivity index (χ3v) is 5.80. The molecule has 6 heteroatoms. The van der Waals surface area contributed by atoms with Crippen LogP contribution in [0.5, 0.6) is 0 Å². The second-order valence-corrected chi connectivity index (χ2v) is 7.49. The maximum absolute atomic E-state index is 13.2. The van der Waals surface area contributed by atoms with E-state index in [1.807, 2.05) is 43.3 Å². The first-order valence-electron chi connectivity index (χ1n) is 8.54. The molecule has 0 aliphatic carbocycles. The van der Waals surface area contributed by atoms with Crippen LogP contribution in [0.2, 0.25) is 5.02 Å². The maximum Gasteiger partial charge on any atom is 0.329 e. The molecule has 2 aromatic carbocycles. The van der Waals surface area contributed by atoms with Gasteiger partial charge in [-0.25, -0.2) is 4.79 Å². The number of nitrogens with zero attached hydrogens (tertiary/aromatic N) is 1. The summed E-state index contributed by atoms with van der Waals surface area (Å²) >= 11 is 7.89. The van der Waals surface area contributed by atoms with Gasteiger partial charge in [0.25, 0.3) is 5.91 Å². The molecule has 0 N–H and O–H groups in total. The fourth-order valence-corrected chi connectivity index (χ4v) is 4.63. The van der Waals surface area contributed by atoms with Crippen molar-refractivity contribution >= 4 is 35.2 Å². The normalized spacial score (nSPS) is 19.4. The van der Waals surface area contributed by atoms with E-state index in [0.717, 1.165) is 12.0 Å². The Labute approximate surface area is 162 Å². The van der Waals surface area contributed by atoms with Crippen LogP contribution < -0.4 is 0 Å². The zero-order valence-corrected chi connectivity index (χ0v) is 16.0. The summed E-state index contributed by atoms with van der Waals surface area (Å²) in [6.07, 6.45) is 0.742. The van der Waals surface area contributed by atoms with Gasteiger partial charge in [0.1, 0.15) is 11.4 Å². The Morgan fingerprint density at radius 3 is 2.54 bits per heavy atom. The number of ether oxygens (including phenoxy) is 1. The van der Waals surface area contributed by atoms with Crippen LogP contribution in [0.3, 0.4) is 0 Å². The van der Waals surface area contributed by atoms with Gasteiger partial charge in [0.2, 0.25) is 0 Å². The molecule has 0 spiro atoms. The van der Waals surface area contributed by atoms with Gasteiger partial charge in [-0.3, -0.25) is 4.79 Å². The van der Waals surface area contributed by atoms with Crippen LogP contribution in [0.1, 0.15) is 34.6 Å². The van der Waals surface area contributed by atoms with E-state index in [2.05, 4.69) is 0 Å². The number of thioether (sulfide) groups is 1. The third kappa shape index (κ3) is 3.89. The van der Waals surface area contributed by atoms with Crippen LogP contribution in [-0.4, -0.2) is 35.2 Å². The molecule has 2 atom stereocenters. The Morgan fingerprint density at radius 1 is 1.15 bits per heavy atom. The van der Waals surface area contributed by atoms with Crippen molar-refractivity contribution in [1.29, 1.82) is 0 Å². The lowest BCUT2D eigenvalue weighted by atomic mass is 10.1. The van der Waals surface area contributed by atoms with Crippen LogP contribution in [0.25, 0.3) is 0 Å². The maximum atomic E-state index is 13.2. The van der Waals surface area contributed by atoms with Gasteiger partial charge < -0.3 is 9.64 Å². The average Bonchev–Trinajstić information content (AvgIpc) is 3.11. The Balaban J connectivity index is 1.96. The summed E-state index contributed by atoms with van der Waals surface area (Å²) < 4.78 is 5.33. The van der Waals surface area contributed by atoms with Crippen molar-refractivity contribution < 1.29 is 14.3 Å². The Bertz CT molecular complexity index is 784. The number of rotatable bonds is 5. The average molecular weight is 390 g/mol. The van der Waals surface area contributed by atoms with Crippen LogP contribution >= 0.6 is 23.4 Å². The van der Waals surface area contributed by atoms with Gasteiger partial charge >= 0.3 is 5.97 Å². The summed E-state index contributed by atoms with van der Waals surface area (Å²) in [5.74, 6) is -0.0750.